The summed E-state index contributed by atoms with van der Waals surface area (Å²) in [5.74, 6) is 0. The number of rotatable bonds is 1. The first-order chi connectivity index (χ1) is 5.43. The van der Waals surface area contributed by atoms with Gasteiger partial charge in [-0.05, 0) is 12.1 Å². The Kier molecular flexibility index (Phi) is 1.95. The number of nitrogen functional groups attached to an aromatic ring is 2. The SMILES string of the molecule is Nc1cccc(S(=O)(=O)[O-])c1N. The first-order valence-electron chi connectivity index (χ1n) is 3.03. The molecule has 0 amide bonds. The fourth-order valence-electron chi connectivity index (χ4n) is 0.779. The Labute approximate surface area is 69.7 Å². The third-order valence-electron chi connectivity index (χ3n) is 1.37. The topological polar surface area (TPSA) is 109 Å². The van der Waals surface area contributed by atoms with Gasteiger partial charge in [0.05, 0.1) is 16.3 Å². The van der Waals surface area contributed by atoms with Gasteiger partial charge in [0, 0.05) is 0 Å². The average Bonchev–Trinajstić information content (AvgIpc) is 1.92. The fraction of sp³-hybridized carbons (Fsp3) is 0. The molecule has 66 valence electrons. The molecule has 12 heavy (non-hydrogen) atoms. The Morgan fingerprint density at radius 1 is 1.25 bits per heavy atom. The van der Waals surface area contributed by atoms with Crippen LogP contribution < -0.4 is 11.5 Å². The largest absolute Gasteiger partial charge is 0.744 e. The minimum Gasteiger partial charge on any atom is -0.744 e. The zero-order valence-electron chi connectivity index (χ0n) is 6.02. The van der Waals surface area contributed by atoms with Gasteiger partial charge in [0.25, 0.3) is 0 Å². The average molecular weight is 187 g/mol. The van der Waals surface area contributed by atoms with Crippen LogP contribution in [0.15, 0.2) is 23.1 Å². The van der Waals surface area contributed by atoms with Crippen LogP contribution in [0.3, 0.4) is 0 Å². The van der Waals surface area contributed by atoms with E-state index in [1.165, 1.54) is 12.1 Å². The van der Waals surface area contributed by atoms with Crippen molar-refractivity contribution >= 4 is 21.5 Å². The second kappa shape index (κ2) is 2.65. The molecule has 0 aliphatic rings. The van der Waals surface area contributed by atoms with Gasteiger partial charge < -0.3 is 16.0 Å². The third kappa shape index (κ3) is 1.49. The first-order valence-corrected chi connectivity index (χ1v) is 4.43. The van der Waals surface area contributed by atoms with E-state index in [-0.39, 0.29) is 11.4 Å². The summed E-state index contributed by atoms with van der Waals surface area (Å²) in [4.78, 5) is -0.470. The second-order valence-corrected chi connectivity index (χ2v) is 3.56. The molecule has 6 heteroatoms. The number of nitrogens with two attached hydrogens (primary N) is 2. The van der Waals surface area contributed by atoms with Gasteiger partial charge in [-0.3, -0.25) is 0 Å². The second-order valence-electron chi connectivity index (χ2n) is 2.21. The lowest BCUT2D eigenvalue weighted by molar-refractivity contribution is 0.463. The van der Waals surface area contributed by atoms with E-state index < -0.39 is 15.0 Å². The van der Waals surface area contributed by atoms with Crippen LogP contribution in [0.25, 0.3) is 0 Å². The Morgan fingerprint density at radius 2 is 1.83 bits per heavy atom. The molecule has 0 heterocycles. The van der Waals surface area contributed by atoms with Crippen molar-refractivity contribution < 1.29 is 13.0 Å². The van der Waals surface area contributed by atoms with E-state index in [0.29, 0.717) is 0 Å². The highest BCUT2D eigenvalue weighted by atomic mass is 32.2. The molecule has 1 aromatic carbocycles. The molecule has 0 unspecified atom stereocenters. The Bertz CT molecular complexity index is 399. The lowest BCUT2D eigenvalue weighted by Crippen LogP contribution is -2.05. The van der Waals surface area contributed by atoms with Crippen molar-refractivity contribution in [1.82, 2.24) is 0 Å². The van der Waals surface area contributed by atoms with Gasteiger partial charge >= 0.3 is 0 Å². The molecule has 5 nitrogen and oxygen atoms in total. The molecular formula is C6H7N2O3S-. The summed E-state index contributed by atoms with van der Waals surface area (Å²) in [6.45, 7) is 0. The van der Waals surface area contributed by atoms with E-state index in [0.717, 1.165) is 6.07 Å². The molecule has 4 N–H and O–H groups in total. The number of hydrogen-bond acceptors (Lipinski definition) is 5. The Morgan fingerprint density at radius 3 is 2.25 bits per heavy atom. The van der Waals surface area contributed by atoms with Crippen molar-refractivity contribution in [2.45, 2.75) is 4.90 Å². The maximum Gasteiger partial charge on any atom is 0.126 e. The van der Waals surface area contributed by atoms with E-state index in [9.17, 15) is 13.0 Å². The van der Waals surface area contributed by atoms with E-state index in [1.807, 2.05) is 0 Å². The van der Waals surface area contributed by atoms with E-state index in [2.05, 4.69) is 0 Å². The van der Waals surface area contributed by atoms with Crippen LogP contribution in [-0.2, 0) is 10.1 Å². The summed E-state index contributed by atoms with van der Waals surface area (Å²) in [6.07, 6.45) is 0. The molecule has 0 aliphatic carbocycles. The normalized spacial score (nSPS) is 11.4. The Hall–Kier alpha value is -1.27. The van der Waals surface area contributed by atoms with Crippen LogP contribution in [0.4, 0.5) is 11.4 Å². The summed E-state index contributed by atoms with van der Waals surface area (Å²) in [6, 6.07) is 3.90. The van der Waals surface area contributed by atoms with Crippen molar-refractivity contribution in [3.8, 4) is 0 Å². The smallest absolute Gasteiger partial charge is 0.126 e. The van der Waals surface area contributed by atoms with Gasteiger partial charge in [-0.1, -0.05) is 6.07 Å². The summed E-state index contributed by atoms with van der Waals surface area (Å²) in [5, 5.41) is 0. The van der Waals surface area contributed by atoms with Crippen LogP contribution in [0.1, 0.15) is 0 Å². The third-order valence-corrected chi connectivity index (χ3v) is 2.26. The van der Waals surface area contributed by atoms with Crippen molar-refractivity contribution in [2.24, 2.45) is 0 Å². The summed E-state index contributed by atoms with van der Waals surface area (Å²) < 4.78 is 31.5. The predicted octanol–water partition coefficient (Wildman–Crippen LogP) is -0.245. The molecule has 0 radical (unpaired) electrons. The maximum absolute atomic E-state index is 10.5. The van der Waals surface area contributed by atoms with Crippen molar-refractivity contribution in [1.29, 1.82) is 0 Å². The number of hydrogen-bond donors (Lipinski definition) is 2. The summed E-state index contributed by atoms with van der Waals surface area (Å²) >= 11 is 0. The Balaban J connectivity index is 3.47. The summed E-state index contributed by atoms with van der Waals surface area (Å²) in [5.41, 5.74) is 10.5. The van der Waals surface area contributed by atoms with Gasteiger partial charge in [0.1, 0.15) is 10.1 Å². The van der Waals surface area contributed by atoms with E-state index >= 15 is 0 Å². The van der Waals surface area contributed by atoms with Gasteiger partial charge in [0.15, 0.2) is 0 Å². The minimum absolute atomic E-state index is 0.0897. The highest BCUT2D eigenvalue weighted by Crippen LogP contribution is 2.23. The molecule has 0 bridgehead atoms. The zero-order valence-corrected chi connectivity index (χ0v) is 6.84. The van der Waals surface area contributed by atoms with Gasteiger partial charge in [-0.25, -0.2) is 8.42 Å². The molecular weight excluding hydrogens is 180 g/mol. The molecule has 0 fully saturated rings. The maximum atomic E-state index is 10.5. The quantitative estimate of drug-likeness (QED) is 0.465. The number of benzene rings is 1. The molecule has 0 atom stereocenters. The highest BCUT2D eigenvalue weighted by Gasteiger charge is 2.07. The monoisotopic (exact) mass is 187 g/mol. The predicted molar refractivity (Wildman–Crippen MR) is 43.2 cm³/mol. The molecule has 0 saturated carbocycles. The van der Waals surface area contributed by atoms with Crippen molar-refractivity contribution in [3.05, 3.63) is 18.2 Å². The minimum atomic E-state index is -4.51. The van der Waals surface area contributed by atoms with Gasteiger partial charge in [-0.15, -0.1) is 0 Å². The van der Waals surface area contributed by atoms with Crippen LogP contribution in [0.5, 0.6) is 0 Å². The van der Waals surface area contributed by atoms with E-state index in [4.69, 9.17) is 11.5 Å². The number of anilines is 2. The highest BCUT2D eigenvalue weighted by molar-refractivity contribution is 7.86. The first kappa shape index (κ1) is 8.82. The van der Waals surface area contributed by atoms with E-state index in [1.54, 1.807) is 0 Å². The van der Waals surface area contributed by atoms with Crippen LogP contribution in [-0.4, -0.2) is 13.0 Å². The number of para-hydroxylation sites is 1. The van der Waals surface area contributed by atoms with Gasteiger partial charge in [0.2, 0.25) is 0 Å². The van der Waals surface area contributed by atoms with Crippen LogP contribution in [0.2, 0.25) is 0 Å². The zero-order chi connectivity index (χ0) is 9.35. The molecule has 1 aromatic rings. The molecule has 0 aromatic heterocycles. The molecule has 0 aliphatic heterocycles. The standard InChI is InChI=1S/C6H8N2O3S/c7-4-2-1-3-5(6(4)8)12(9,10)11/h1-3H,7-8H2,(H,9,10,11)/p-1. The fourth-order valence-corrected chi connectivity index (χ4v) is 1.41. The van der Waals surface area contributed by atoms with Crippen molar-refractivity contribution in [2.75, 3.05) is 11.5 Å². The molecule has 0 spiro atoms. The lowest BCUT2D eigenvalue weighted by Gasteiger charge is -2.10. The molecule has 1 rings (SSSR count). The molecule has 0 saturated heterocycles. The van der Waals surface area contributed by atoms with Crippen LogP contribution in [0, 0.1) is 0 Å². The summed E-state index contributed by atoms with van der Waals surface area (Å²) in [7, 11) is -4.51. The lowest BCUT2D eigenvalue weighted by atomic mass is 10.3. The van der Waals surface area contributed by atoms with Crippen molar-refractivity contribution in [3.63, 3.8) is 0 Å². The van der Waals surface area contributed by atoms with Gasteiger partial charge in [-0.2, -0.15) is 0 Å². The van der Waals surface area contributed by atoms with Crippen LogP contribution >= 0.6 is 0 Å².